The number of nitrogens with zero attached hydrogens (tertiary/aromatic N) is 2. The van der Waals surface area contributed by atoms with Crippen molar-refractivity contribution in [1.29, 1.82) is 0 Å². The van der Waals surface area contributed by atoms with Crippen molar-refractivity contribution < 1.29 is 19.1 Å². The van der Waals surface area contributed by atoms with Gasteiger partial charge in [-0.15, -0.1) is 0 Å². The molecular weight excluding hydrogens is 416 g/mol. The van der Waals surface area contributed by atoms with Gasteiger partial charge in [-0.2, -0.15) is 0 Å². The van der Waals surface area contributed by atoms with Crippen LogP contribution in [-0.2, 0) is 16.1 Å². The minimum atomic E-state index is -0.361. The zero-order valence-corrected chi connectivity index (χ0v) is 18.9. The van der Waals surface area contributed by atoms with Gasteiger partial charge in [-0.1, -0.05) is 54.6 Å². The van der Waals surface area contributed by atoms with Crippen LogP contribution in [0.2, 0.25) is 0 Å². The van der Waals surface area contributed by atoms with Crippen LogP contribution in [0.4, 0.5) is 5.69 Å². The van der Waals surface area contributed by atoms with Gasteiger partial charge in [0.05, 0.1) is 25.5 Å². The van der Waals surface area contributed by atoms with Crippen LogP contribution in [0.25, 0.3) is 5.57 Å². The number of para-hydroxylation sites is 1. The SMILES string of the molecule is CCN(Cc1ccccc1)C1=C(c2ccc(OC)c(OC)c2)C(=O)N(c2ccccc2)C1=O. The predicted octanol–water partition coefficient (Wildman–Crippen LogP) is 4.51. The van der Waals surface area contributed by atoms with E-state index in [4.69, 9.17) is 9.47 Å². The van der Waals surface area contributed by atoms with E-state index < -0.39 is 0 Å². The van der Waals surface area contributed by atoms with Crippen LogP contribution in [-0.4, -0.2) is 37.5 Å². The molecule has 0 bridgehead atoms. The number of benzene rings is 3. The molecule has 0 aliphatic carbocycles. The molecule has 1 aliphatic rings. The maximum Gasteiger partial charge on any atom is 0.282 e. The molecule has 1 aliphatic heterocycles. The van der Waals surface area contributed by atoms with E-state index in [9.17, 15) is 9.59 Å². The maximum absolute atomic E-state index is 13.7. The fraction of sp³-hybridized carbons (Fsp3) is 0.185. The van der Waals surface area contributed by atoms with Gasteiger partial charge in [0, 0.05) is 13.1 Å². The van der Waals surface area contributed by atoms with Gasteiger partial charge in [-0.05, 0) is 42.3 Å². The second kappa shape index (κ2) is 9.61. The van der Waals surface area contributed by atoms with Gasteiger partial charge in [0.1, 0.15) is 5.70 Å². The van der Waals surface area contributed by atoms with Gasteiger partial charge >= 0.3 is 0 Å². The monoisotopic (exact) mass is 442 g/mol. The van der Waals surface area contributed by atoms with Crippen LogP contribution < -0.4 is 14.4 Å². The van der Waals surface area contributed by atoms with E-state index >= 15 is 0 Å². The molecule has 3 aromatic rings. The first-order valence-electron chi connectivity index (χ1n) is 10.8. The van der Waals surface area contributed by atoms with Gasteiger partial charge in [0.15, 0.2) is 11.5 Å². The molecule has 6 heteroatoms. The van der Waals surface area contributed by atoms with Crippen molar-refractivity contribution in [3.05, 3.63) is 95.7 Å². The number of amides is 2. The molecule has 0 spiro atoms. The second-order valence-electron chi connectivity index (χ2n) is 7.57. The quantitative estimate of drug-likeness (QED) is 0.481. The lowest BCUT2D eigenvalue weighted by Gasteiger charge is -2.25. The Morgan fingerprint density at radius 1 is 0.788 bits per heavy atom. The number of hydrogen-bond acceptors (Lipinski definition) is 5. The van der Waals surface area contributed by atoms with Crippen LogP contribution in [0.3, 0.4) is 0 Å². The molecule has 1 heterocycles. The number of methoxy groups -OCH3 is 2. The van der Waals surface area contributed by atoms with Gasteiger partial charge in [0.2, 0.25) is 0 Å². The average Bonchev–Trinajstić information content (AvgIpc) is 3.12. The minimum Gasteiger partial charge on any atom is -0.493 e. The van der Waals surface area contributed by atoms with Gasteiger partial charge < -0.3 is 14.4 Å². The summed E-state index contributed by atoms with van der Waals surface area (Å²) in [6, 6.07) is 24.2. The third kappa shape index (κ3) is 4.20. The average molecular weight is 443 g/mol. The second-order valence-corrected chi connectivity index (χ2v) is 7.57. The summed E-state index contributed by atoms with van der Waals surface area (Å²) in [4.78, 5) is 30.6. The van der Waals surface area contributed by atoms with Crippen LogP contribution >= 0.6 is 0 Å². The number of anilines is 1. The molecule has 3 aromatic carbocycles. The van der Waals surface area contributed by atoms with E-state index in [2.05, 4.69) is 0 Å². The topological polar surface area (TPSA) is 59.1 Å². The molecule has 0 atom stereocenters. The molecule has 6 nitrogen and oxygen atoms in total. The van der Waals surface area contributed by atoms with Crippen molar-refractivity contribution in [3.63, 3.8) is 0 Å². The molecule has 2 amide bonds. The van der Waals surface area contributed by atoms with Crippen molar-refractivity contribution in [2.24, 2.45) is 0 Å². The number of likely N-dealkylation sites (N-methyl/N-ethyl adjacent to an activating group) is 1. The summed E-state index contributed by atoms with van der Waals surface area (Å²) in [5.41, 5.74) is 2.92. The smallest absolute Gasteiger partial charge is 0.282 e. The van der Waals surface area contributed by atoms with E-state index in [1.807, 2.05) is 60.4 Å². The summed E-state index contributed by atoms with van der Waals surface area (Å²) in [5.74, 6) is 0.344. The number of carbonyl (C=O) groups is 2. The Hall–Kier alpha value is -4.06. The van der Waals surface area contributed by atoms with Gasteiger partial charge in [-0.25, -0.2) is 4.90 Å². The fourth-order valence-electron chi connectivity index (χ4n) is 4.03. The van der Waals surface area contributed by atoms with E-state index in [1.54, 1.807) is 44.6 Å². The molecule has 4 rings (SSSR count). The Labute approximate surface area is 193 Å². The highest BCUT2D eigenvalue weighted by atomic mass is 16.5. The number of hydrogen-bond donors (Lipinski definition) is 0. The normalized spacial score (nSPS) is 13.5. The largest absolute Gasteiger partial charge is 0.493 e. The predicted molar refractivity (Wildman–Crippen MR) is 128 cm³/mol. The standard InChI is InChI=1S/C27H26N2O4/c1-4-28(18-19-11-7-5-8-12-19)25-24(20-15-16-22(32-2)23(17-20)33-3)26(30)29(27(25)31)21-13-9-6-10-14-21/h5-17H,4,18H2,1-3H3. The Morgan fingerprint density at radius 2 is 1.42 bits per heavy atom. The maximum atomic E-state index is 13.7. The third-order valence-electron chi connectivity index (χ3n) is 5.66. The van der Waals surface area contributed by atoms with Crippen molar-refractivity contribution >= 4 is 23.1 Å². The Kier molecular flexibility index (Phi) is 6.45. The van der Waals surface area contributed by atoms with Crippen LogP contribution in [0, 0.1) is 0 Å². The lowest BCUT2D eigenvalue weighted by atomic mass is 10.0. The minimum absolute atomic E-state index is 0.339. The highest BCUT2D eigenvalue weighted by molar-refractivity contribution is 6.45. The lowest BCUT2D eigenvalue weighted by molar-refractivity contribution is -0.120. The van der Waals surface area contributed by atoms with Crippen LogP contribution in [0.15, 0.2) is 84.6 Å². The van der Waals surface area contributed by atoms with E-state index in [-0.39, 0.29) is 11.8 Å². The zero-order chi connectivity index (χ0) is 23.4. The van der Waals surface area contributed by atoms with Crippen molar-refractivity contribution in [1.82, 2.24) is 4.90 Å². The first kappa shape index (κ1) is 22.1. The summed E-state index contributed by atoms with van der Waals surface area (Å²) in [6.07, 6.45) is 0. The van der Waals surface area contributed by atoms with Crippen LogP contribution in [0.5, 0.6) is 11.5 Å². The molecule has 0 saturated carbocycles. The highest BCUT2D eigenvalue weighted by Crippen LogP contribution is 2.38. The molecule has 0 unspecified atom stereocenters. The van der Waals surface area contributed by atoms with Gasteiger partial charge in [-0.3, -0.25) is 9.59 Å². The van der Waals surface area contributed by atoms with E-state index in [1.165, 1.54) is 4.90 Å². The summed E-state index contributed by atoms with van der Waals surface area (Å²) < 4.78 is 10.8. The Bertz CT molecular complexity index is 1190. The van der Waals surface area contributed by atoms with Crippen molar-refractivity contribution in [3.8, 4) is 11.5 Å². The number of imide groups is 1. The first-order chi connectivity index (χ1) is 16.1. The lowest BCUT2D eigenvalue weighted by Crippen LogP contribution is -2.35. The number of ether oxygens (including phenoxy) is 2. The Morgan fingerprint density at radius 3 is 2.03 bits per heavy atom. The summed E-state index contributed by atoms with van der Waals surface area (Å²) in [7, 11) is 3.10. The zero-order valence-electron chi connectivity index (χ0n) is 18.9. The van der Waals surface area contributed by atoms with E-state index in [0.29, 0.717) is 47.1 Å². The van der Waals surface area contributed by atoms with E-state index in [0.717, 1.165) is 5.56 Å². The van der Waals surface area contributed by atoms with Crippen molar-refractivity contribution in [2.75, 3.05) is 25.7 Å². The third-order valence-corrected chi connectivity index (χ3v) is 5.66. The van der Waals surface area contributed by atoms with Crippen molar-refractivity contribution in [2.45, 2.75) is 13.5 Å². The molecule has 168 valence electrons. The highest BCUT2D eigenvalue weighted by Gasteiger charge is 2.42. The molecule has 0 fully saturated rings. The summed E-state index contributed by atoms with van der Waals surface area (Å²) in [6.45, 7) is 3.04. The summed E-state index contributed by atoms with van der Waals surface area (Å²) >= 11 is 0. The molecule has 0 radical (unpaired) electrons. The fourth-order valence-corrected chi connectivity index (χ4v) is 4.03. The van der Waals surface area contributed by atoms with Gasteiger partial charge in [0.25, 0.3) is 11.8 Å². The Balaban J connectivity index is 1.86. The summed E-state index contributed by atoms with van der Waals surface area (Å²) in [5, 5.41) is 0. The molecule has 0 aromatic heterocycles. The number of rotatable bonds is 8. The molecule has 0 N–H and O–H groups in total. The first-order valence-corrected chi connectivity index (χ1v) is 10.8. The molecule has 0 saturated heterocycles. The van der Waals surface area contributed by atoms with Crippen LogP contribution in [0.1, 0.15) is 18.1 Å². The molecule has 33 heavy (non-hydrogen) atoms. The number of carbonyl (C=O) groups excluding carboxylic acids is 2. The molecular formula is C27H26N2O4.